The number of furan rings is 1. The molecular weight excluding hydrogens is 683 g/mol. The van der Waals surface area contributed by atoms with Gasteiger partial charge in [0.15, 0.2) is 5.82 Å². The van der Waals surface area contributed by atoms with Crippen LogP contribution < -0.4 is 4.90 Å². The topological polar surface area (TPSA) is 42.2 Å². The smallest absolute Gasteiger partial charge is 0.161 e. The number of aromatic nitrogens is 2. The van der Waals surface area contributed by atoms with E-state index in [1.807, 2.05) is 54.6 Å². The lowest BCUT2D eigenvalue weighted by atomic mass is 10.0. The van der Waals surface area contributed by atoms with Crippen molar-refractivity contribution in [2.24, 2.45) is 0 Å². The summed E-state index contributed by atoms with van der Waals surface area (Å²) in [6.45, 7) is 0. The summed E-state index contributed by atoms with van der Waals surface area (Å²) in [5.74, 6) is 0.663. The molecule has 2 heterocycles. The highest BCUT2D eigenvalue weighted by molar-refractivity contribution is 6.12. The standard InChI is InChI=1S/C52H35N3O/c1-5-14-36(15-6-1)37-24-29-43(30-25-37)55(42-20-11-4-12-21-42)44-31-26-38(27-32-44)41-28-33-45-50(34-41)56-49-23-13-22-46(51(45)49)52-53-47(39-16-7-2-8-17-39)35-48(54-52)40-18-9-3-10-19-40/h1-35H. The molecule has 0 radical (unpaired) electrons. The first-order chi connectivity index (χ1) is 27.7. The second-order valence-electron chi connectivity index (χ2n) is 13.8. The Labute approximate surface area is 325 Å². The number of nitrogens with zero attached hydrogens (tertiary/aromatic N) is 3. The molecule has 0 N–H and O–H groups in total. The molecule has 10 aromatic rings. The van der Waals surface area contributed by atoms with E-state index in [2.05, 4.69) is 163 Å². The Morgan fingerprint density at radius 1 is 0.339 bits per heavy atom. The highest BCUT2D eigenvalue weighted by atomic mass is 16.3. The zero-order chi connectivity index (χ0) is 37.3. The van der Waals surface area contributed by atoms with Crippen LogP contribution in [0.5, 0.6) is 0 Å². The fraction of sp³-hybridized carbons (Fsp3) is 0. The fourth-order valence-electron chi connectivity index (χ4n) is 7.53. The molecule has 56 heavy (non-hydrogen) atoms. The van der Waals surface area contributed by atoms with Crippen LogP contribution in [0.15, 0.2) is 217 Å². The number of para-hydroxylation sites is 1. The van der Waals surface area contributed by atoms with E-state index in [-0.39, 0.29) is 0 Å². The van der Waals surface area contributed by atoms with E-state index < -0.39 is 0 Å². The minimum Gasteiger partial charge on any atom is -0.456 e. The highest BCUT2D eigenvalue weighted by Crippen LogP contribution is 2.40. The first-order valence-corrected chi connectivity index (χ1v) is 18.8. The largest absolute Gasteiger partial charge is 0.456 e. The van der Waals surface area contributed by atoms with Crippen molar-refractivity contribution in [2.45, 2.75) is 0 Å². The van der Waals surface area contributed by atoms with Crippen LogP contribution in [0.25, 0.3) is 78.1 Å². The zero-order valence-electron chi connectivity index (χ0n) is 30.5. The van der Waals surface area contributed by atoms with Gasteiger partial charge in [-0.3, -0.25) is 0 Å². The van der Waals surface area contributed by atoms with E-state index in [4.69, 9.17) is 14.4 Å². The number of hydrogen-bond acceptors (Lipinski definition) is 4. The summed E-state index contributed by atoms with van der Waals surface area (Å²) in [5.41, 5.74) is 14.2. The molecular formula is C52H35N3O. The molecule has 0 bridgehead atoms. The maximum Gasteiger partial charge on any atom is 0.161 e. The number of hydrogen-bond donors (Lipinski definition) is 0. The van der Waals surface area contributed by atoms with Gasteiger partial charge < -0.3 is 9.32 Å². The van der Waals surface area contributed by atoms with Crippen molar-refractivity contribution in [3.05, 3.63) is 212 Å². The predicted octanol–water partition coefficient (Wildman–Crippen LogP) is 14.2. The molecule has 0 amide bonds. The number of benzene rings is 8. The van der Waals surface area contributed by atoms with Crippen molar-refractivity contribution in [1.82, 2.24) is 9.97 Å². The third-order valence-corrected chi connectivity index (χ3v) is 10.3. The average Bonchev–Trinajstić information content (AvgIpc) is 3.66. The second kappa shape index (κ2) is 14.3. The van der Waals surface area contributed by atoms with Gasteiger partial charge in [0, 0.05) is 44.5 Å². The van der Waals surface area contributed by atoms with Crippen LogP contribution in [0.2, 0.25) is 0 Å². The van der Waals surface area contributed by atoms with Gasteiger partial charge in [0.2, 0.25) is 0 Å². The summed E-state index contributed by atoms with van der Waals surface area (Å²) in [5, 5.41) is 2.03. The van der Waals surface area contributed by atoms with E-state index >= 15 is 0 Å². The Hall–Kier alpha value is -7.56. The first kappa shape index (κ1) is 33.0. The fourth-order valence-corrected chi connectivity index (χ4v) is 7.53. The summed E-state index contributed by atoms with van der Waals surface area (Å²) in [4.78, 5) is 12.5. The quantitative estimate of drug-likeness (QED) is 0.157. The van der Waals surface area contributed by atoms with Gasteiger partial charge in [0.05, 0.1) is 11.4 Å². The third kappa shape index (κ3) is 6.29. The van der Waals surface area contributed by atoms with Gasteiger partial charge >= 0.3 is 0 Å². The van der Waals surface area contributed by atoms with Crippen LogP contribution in [-0.4, -0.2) is 9.97 Å². The van der Waals surface area contributed by atoms with Gasteiger partial charge in [-0.15, -0.1) is 0 Å². The minimum atomic E-state index is 0.663. The number of anilines is 3. The van der Waals surface area contributed by atoms with Gasteiger partial charge in [-0.05, 0) is 82.9 Å². The maximum atomic E-state index is 6.56. The SMILES string of the molecule is c1ccc(-c2ccc(N(c3ccccc3)c3ccc(-c4ccc5c(c4)oc4cccc(-c6nc(-c7ccccc7)cc(-c7ccccc7)n6)c45)cc3)cc2)cc1. The summed E-state index contributed by atoms with van der Waals surface area (Å²) in [6, 6.07) is 73.8. The molecule has 4 heteroatoms. The molecule has 0 aliphatic rings. The van der Waals surface area contributed by atoms with Gasteiger partial charge in [-0.2, -0.15) is 0 Å². The Bertz CT molecular complexity index is 2870. The first-order valence-electron chi connectivity index (χ1n) is 18.8. The zero-order valence-corrected chi connectivity index (χ0v) is 30.5. The summed E-state index contributed by atoms with van der Waals surface area (Å²) >= 11 is 0. The molecule has 4 nitrogen and oxygen atoms in total. The highest BCUT2D eigenvalue weighted by Gasteiger charge is 2.18. The molecule has 0 fully saturated rings. The van der Waals surface area contributed by atoms with Crippen LogP contribution in [0.4, 0.5) is 17.1 Å². The molecule has 0 saturated heterocycles. The van der Waals surface area contributed by atoms with Gasteiger partial charge in [-0.1, -0.05) is 152 Å². The summed E-state index contributed by atoms with van der Waals surface area (Å²) in [7, 11) is 0. The van der Waals surface area contributed by atoms with Crippen molar-refractivity contribution in [1.29, 1.82) is 0 Å². The van der Waals surface area contributed by atoms with Gasteiger partial charge in [0.25, 0.3) is 0 Å². The Balaban J connectivity index is 1.01. The maximum absolute atomic E-state index is 6.56. The minimum absolute atomic E-state index is 0.663. The molecule has 0 atom stereocenters. The molecule has 0 unspecified atom stereocenters. The Kier molecular flexibility index (Phi) is 8.47. The molecule has 264 valence electrons. The van der Waals surface area contributed by atoms with Crippen molar-refractivity contribution in [3.8, 4) is 56.2 Å². The molecule has 0 aliphatic heterocycles. The van der Waals surface area contributed by atoms with Crippen LogP contribution in [0, 0.1) is 0 Å². The molecule has 0 spiro atoms. The Morgan fingerprint density at radius 2 is 0.804 bits per heavy atom. The molecule has 0 aliphatic carbocycles. The number of rotatable bonds is 8. The predicted molar refractivity (Wildman–Crippen MR) is 231 cm³/mol. The number of fused-ring (bicyclic) bond motifs is 3. The van der Waals surface area contributed by atoms with Crippen molar-refractivity contribution in [3.63, 3.8) is 0 Å². The van der Waals surface area contributed by atoms with Crippen LogP contribution in [0.1, 0.15) is 0 Å². The Morgan fingerprint density at radius 3 is 1.38 bits per heavy atom. The lowest BCUT2D eigenvalue weighted by Crippen LogP contribution is -2.09. The molecule has 10 rings (SSSR count). The van der Waals surface area contributed by atoms with Crippen LogP contribution in [0.3, 0.4) is 0 Å². The van der Waals surface area contributed by atoms with E-state index in [0.717, 1.165) is 78.2 Å². The summed E-state index contributed by atoms with van der Waals surface area (Å²) < 4.78 is 6.56. The third-order valence-electron chi connectivity index (χ3n) is 10.3. The van der Waals surface area contributed by atoms with Crippen LogP contribution in [-0.2, 0) is 0 Å². The van der Waals surface area contributed by atoms with Gasteiger partial charge in [-0.25, -0.2) is 9.97 Å². The molecule has 0 saturated carbocycles. The van der Waals surface area contributed by atoms with E-state index in [1.165, 1.54) is 11.1 Å². The van der Waals surface area contributed by atoms with Gasteiger partial charge in [0.1, 0.15) is 11.2 Å². The lowest BCUT2D eigenvalue weighted by Gasteiger charge is -2.26. The van der Waals surface area contributed by atoms with Crippen molar-refractivity contribution >= 4 is 39.0 Å². The van der Waals surface area contributed by atoms with Crippen molar-refractivity contribution < 1.29 is 4.42 Å². The normalized spacial score (nSPS) is 11.2. The van der Waals surface area contributed by atoms with E-state index in [9.17, 15) is 0 Å². The lowest BCUT2D eigenvalue weighted by molar-refractivity contribution is 0.669. The van der Waals surface area contributed by atoms with Crippen LogP contribution >= 0.6 is 0 Å². The molecule has 2 aromatic heterocycles. The molecule has 8 aromatic carbocycles. The summed E-state index contributed by atoms with van der Waals surface area (Å²) in [6.07, 6.45) is 0. The van der Waals surface area contributed by atoms with E-state index in [0.29, 0.717) is 5.82 Å². The second-order valence-corrected chi connectivity index (χ2v) is 13.8. The average molecular weight is 718 g/mol. The monoisotopic (exact) mass is 717 g/mol. The van der Waals surface area contributed by atoms with Crippen molar-refractivity contribution in [2.75, 3.05) is 4.90 Å². The van der Waals surface area contributed by atoms with E-state index in [1.54, 1.807) is 0 Å².